The molecule has 0 heterocycles. The first-order valence-corrected chi connectivity index (χ1v) is 10.4. The van der Waals surface area contributed by atoms with E-state index in [1.54, 1.807) is 65.0 Å². The molecule has 174 valence electrons. The van der Waals surface area contributed by atoms with Crippen LogP contribution in [0.2, 0.25) is 0 Å². The van der Waals surface area contributed by atoms with Gasteiger partial charge in [0.15, 0.2) is 17.7 Å². The van der Waals surface area contributed by atoms with Crippen molar-refractivity contribution in [3.63, 3.8) is 0 Å². The van der Waals surface area contributed by atoms with E-state index in [4.69, 9.17) is 14.2 Å². The van der Waals surface area contributed by atoms with Gasteiger partial charge in [-0.3, -0.25) is 0 Å². The summed E-state index contributed by atoms with van der Waals surface area (Å²) in [7, 11) is 0. The molecule has 0 aliphatic carbocycles. The van der Waals surface area contributed by atoms with E-state index >= 15 is 0 Å². The van der Waals surface area contributed by atoms with Crippen LogP contribution < -0.4 is 10.1 Å². The van der Waals surface area contributed by atoms with Gasteiger partial charge in [0.25, 0.3) is 0 Å². The molecule has 2 rings (SSSR count). The molecule has 0 aliphatic rings. The fraction of sp³-hybridized carbons (Fsp3) is 0.417. The summed E-state index contributed by atoms with van der Waals surface area (Å²) in [6, 6.07) is 10.7. The van der Waals surface area contributed by atoms with Crippen LogP contribution in [-0.2, 0) is 14.3 Å². The molecule has 0 aliphatic heterocycles. The van der Waals surface area contributed by atoms with Crippen molar-refractivity contribution >= 4 is 12.1 Å². The molecular formula is C24H29F2NO5. The van der Waals surface area contributed by atoms with Gasteiger partial charge in [0.05, 0.1) is 0 Å². The normalized spacial score (nSPS) is 14.1. The number of ether oxygens (including phenoxy) is 3. The molecule has 3 atom stereocenters. The van der Waals surface area contributed by atoms with Crippen LogP contribution in [0.1, 0.15) is 52.7 Å². The molecule has 0 saturated carbocycles. The van der Waals surface area contributed by atoms with Crippen molar-refractivity contribution in [3.05, 3.63) is 65.7 Å². The minimum atomic E-state index is -0.949. The second kappa shape index (κ2) is 10.9. The van der Waals surface area contributed by atoms with Crippen LogP contribution >= 0.6 is 0 Å². The van der Waals surface area contributed by atoms with Crippen LogP contribution in [0.15, 0.2) is 48.5 Å². The van der Waals surface area contributed by atoms with Crippen LogP contribution in [0.4, 0.5) is 13.6 Å². The molecule has 0 saturated heterocycles. The summed E-state index contributed by atoms with van der Waals surface area (Å²) in [5.74, 6) is -2.41. The van der Waals surface area contributed by atoms with Gasteiger partial charge in [-0.15, -0.1) is 0 Å². The highest BCUT2D eigenvalue weighted by molar-refractivity contribution is 5.81. The molecular weight excluding hydrogens is 420 g/mol. The topological polar surface area (TPSA) is 73.9 Å². The Morgan fingerprint density at radius 2 is 1.72 bits per heavy atom. The van der Waals surface area contributed by atoms with Crippen molar-refractivity contribution in [1.82, 2.24) is 5.32 Å². The van der Waals surface area contributed by atoms with Gasteiger partial charge in [0.2, 0.25) is 0 Å². The summed E-state index contributed by atoms with van der Waals surface area (Å²) in [6.07, 6.45) is -2.29. The van der Waals surface area contributed by atoms with E-state index < -0.39 is 47.5 Å². The highest BCUT2D eigenvalue weighted by Gasteiger charge is 2.30. The number of carbonyl (C=O) groups is 2. The molecule has 1 amide bonds. The fourth-order valence-corrected chi connectivity index (χ4v) is 2.89. The number of hydrogen-bond acceptors (Lipinski definition) is 5. The lowest BCUT2D eigenvalue weighted by atomic mass is 10.0. The van der Waals surface area contributed by atoms with Gasteiger partial charge in [-0.05, 0) is 51.8 Å². The van der Waals surface area contributed by atoms with E-state index in [-0.39, 0.29) is 12.2 Å². The van der Waals surface area contributed by atoms with Gasteiger partial charge in [-0.2, -0.15) is 0 Å². The van der Waals surface area contributed by atoms with Gasteiger partial charge < -0.3 is 19.5 Å². The number of hydrogen-bond donors (Lipinski definition) is 1. The van der Waals surface area contributed by atoms with Crippen LogP contribution in [0.25, 0.3) is 0 Å². The third-order valence-electron chi connectivity index (χ3n) is 4.39. The van der Waals surface area contributed by atoms with Crippen molar-refractivity contribution in [2.75, 3.05) is 0 Å². The molecule has 6 nitrogen and oxygen atoms in total. The van der Waals surface area contributed by atoms with Gasteiger partial charge >= 0.3 is 12.1 Å². The molecule has 2 aromatic carbocycles. The van der Waals surface area contributed by atoms with E-state index in [0.29, 0.717) is 5.56 Å². The summed E-state index contributed by atoms with van der Waals surface area (Å²) in [6.45, 7) is 8.41. The van der Waals surface area contributed by atoms with E-state index in [0.717, 1.165) is 18.2 Å². The Balaban J connectivity index is 2.18. The minimum absolute atomic E-state index is 0.264. The molecule has 0 spiro atoms. The monoisotopic (exact) mass is 449 g/mol. The Morgan fingerprint density at radius 3 is 2.31 bits per heavy atom. The quantitative estimate of drug-likeness (QED) is 0.552. The number of alkyl carbamates (subject to hydrolysis) is 1. The summed E-state index contributed by atoms with van der Waals surface area (Å²) < 4.78 is 44.2. The third kappa shape index (κ3) is 7.51. The second-order valence-corrected chi connectivity index (χ2v) is 8.27. The molecule has 0 radical (unpaired) electrons. The van der Waals surface area contributed by atoms with Crippen LogP contribution in [0, 0.1) is 11.6 Å². The van der Waals surface area contributed by atoms with Crippen LogP contribution in [0.5, 0.6) is 5.75 Å². The Labute approximate surface area is 186 Å². The maximum absolute atomic E-state index is 14.2. The average Bonchev–Trinajstić information content (AvgIpc) is 2.71. The molecule has 2 aromatic rings. The second-order valence-electron chi connectivity index (χ2n) is 8.27. The van der Waals surface area contributed by atoms with Gasteiger partial charge in [0, 0.05) is 6.07 Å². The molecule has 1 N–H and O–H groups in total. The molecule has 0 fully saturated rings. The Hall–Kier alpha value is -3.16. The number of halogens is 2. The third-order valence-corrected chi connectivity index (χ3v) is 4.39. The zero-order valence-electron chi connectivity index (χ0n) is 18.9. The number of rotatable bonds is 8. The number of esters is 1. The first kappa shape index (κ1) is 25.1. The van der Waals surface area contributed by atoms with Gasteiger partial charge in [-0.25, -0.2) is 18.4 Å². The highest BCUT2D eigenvalue weighted by atomic mass is 19.1. The first-order chi connectivity index (χ1) is 15.0. The van der Waals surface area contributed by atoms with Crippen LogP contribution in [0.3, 0.4) is 0 Å². The van der Waals surface area contributed by atoms with Crippen molar-refractivity contribution in [3.8, 4) is 5.75 Å². The maximum Gasteiger partial charge on any atom is 0.408 e. The molecule has 0 unspecified atom stereocenters. The van der Waals surface area contributed by atoms with E-state index in [1.807, 2.05) is 0 Å². The predicted octanol–water partition coefficient (Wildman–Crippen LogP) is 5.32. The van der Waals surface area contributed by atoms with Gasteiger partial charge in [-0.1, -0.05) is 37.3 Å². The average molecular weight is 449 g/mol. The molecule has 0 bridgehead atoms. The maximum atomic E-state index is 14.2. The first-order valence-electron chi connectivity index (χ1n) is 10.4. The highest BCUT2D eigenvalue weighted by Crippen LogP contribution is 2.29. The predicted molar refractivity (Wildman–Crippen MR) is 115 cm³/mol. The number of carbonyl (C=O) groups excluding carboxylic acids is 2. The number of nitrogens with one attached hydrogen (secondary N) is 1. The molecule has 0 aromatic heterocycles. The largest absolute Gasteiger partial charge is 0.479 e. The Kier molecular flexibility index (Phi) is 8.57. The van der Waals surface area contributed by atoms with Crippen molar-refractivity contribution in [1.29, 1.82) is 0 Å². The van der Waals surface area contributed by atoms with E-state index in [1.165, 1.54) is 0 Å². The SMILES string of the molecule is CC[C@H](NC(=O)OC(C)(C)C)C(=O)O[C@@H](C)[C@H](Oc1cc(F)ccc1F)c1ccccc1. The molecule has 32 heavy (non-hydrogen) atoms. The summed E-state index contributed by atoms with van der Waals surface area (Å²) >= 11 is 0. The lowest BCUT2D eigenvalue weighted by molar-refractivity contribution is -0.155. The fourth-order valence-electron chi connectivity index (χ4n) is 2.89. The Bertz CT molecular complexity index is 914. The van der Waals surface area contributed by atoms with Crippen molar-refractivity contribution in [2.24, 2.45) is 0 Å². The van der Waals surface area contributed by atoms with Crippen LogP contribution in [-0.4, -0.2) is 29.8 Å². The van der Waals surface area contributed by atoms with Crippen molar-refractivity contribution < 1.29 is 32.6 Å². The number of amides is 1. The lowest BCUT2D eigenvalue weighted by Gasteiger charge is -2.28. The summed E-state index contributed by atoms with van der Waals surface area (Å²) in [5, 5.41) is 2.49. The zero-order chi connectivity index (χ0) is 23.9. The standard InChI is InChI=1S/C24H29F2NO5/c1-6-19(27-23(29)32-24(3,4)5)22(28)30-15(2)21(16-10-8-7-9-11-16)31-20-14-17(25)12-13-18(20)26/h7-15,19,21H,6H2,1-5H3,(H,27,29)/t15-,19-,21-/m0/s1. The zero-order valence-corrected chi connectivity index (χ0v) is 18.9. The minimum Gasteiger partial charge on any atom is -0.479 e. The van der Waals surface area contributed by atoms with E-state index in [9.17, 15) is 18.4 Å². The lowest BCUT2D eigenvalue weighted by Crippen LogP contribution is -2.45. The summed E-state index contributed by atoms with van der Waals surface area (Å²) in [5.41, 5.74) is -0.120. The van der Waals surface area contributed by atoms with Gasteiger partial charge in [0.1, 0.15) is 23.6 Å². The van der Waals surface area contributed by atoms with Crippen molar-refractivity contribution in [2.45, 2.75) is 64.9 Å². The molecule has 8 heteroatoms. The smallest absolute Gasteiger partial charge is 0.408 e. The summed E-state index contributed by atoms with van der Waals surface area (Å²) in [4.78, 5) is 24.8. The Morgan fingerprint density at radius 1 is 1.06 bits per heavy atom. The number of benzene rings is 2. The van der Waals surface area contributed by atoms with E-state index in [2.05, 4.69) is 5.32 Å².